The maximum Gasteiger partial charge on any atom is 0.205 e. The van der Waals surface area contributed by atoms with Gasteiger partial charge in [-0.2, -0.15) is 0 Å². The molecule has 78 valence electrons. The largest absolute Gasteiger partial charge is 0.392 e. The minimum atomic E-state index is -0.160. The number of aromatic nitrogens is 2. The quantitative estimate of drug-likeness (QED) is 0.750. The van der Waals surface area contributed by atoms with Gasteiger partial charge in [0, 0.05) is 20.1 Å². The molecule has 0 saturated carbocycles. The highest BCUT2D eigenvalue weighted by Gasteiger charge is 2.21. The van der Waals surface area contributed by atoms with E-state index in [9.17, 15) is 5.11 Å². The van der Waals surface area contributed by atoms with E-state index in [-0.39, 0.29) is 6.10 Å². The minimum absolute atomic E-state index is 0.160. The number of hydrogen-bond acceptors (Lipinski definition) is 6. The second-order valence-electron chi connectivity index (χ2n) is 3.43. The van der Waals surface area contributed by atoms with Crippen molar-refractivity contribution >= 4 is 16.5 Å². The Morgan fingerprint density at radius 2 is 2.50 bits per heavy atom. The maximum absolute atomic E-state index is 9.34. The van der Waals surface area contributed by atoms with Crippen LogP contribution in [0.25, 0.3) is 0 Å². The van der Waals surface area contributed by atoms with Gasteiger partial charge >= 0.3 is 0 Å². The summed E-state index contributed by atoms with van der Waals surface area (Å²) in [7, 11) is 1.84. The molecule has 1 aliphatic heterocycles. The number of aliphatic hydroxyl groups is 1. The minimum Gasteiger partial charge on any atom is -0.392 e. The Morgan fingerprint density at radius 1 is 1.64 bits per heavy atom. The van der Waals surface area contributed by atoms with Gasteiger partial charge in [0.15, 0.2) is 0 Å². The molecule has 2 heterocycles. The number of nitrogens with one attached hydrogen (secondary N) is 1. The molecule has 0 radical (unpaired) electrons. The van der Waals surface area contributed by atoms with Gasteiger partial charge in [0.1, 0.15) is 5.01 Å². The summed E-state index contributed by atoms with van der Waals surface area (Å²) in [5, 5.41) is 22.2. The van der Waals surface area contributed by atoms with E-state index in [1.54, 1.807) is 11.3 Å². The molecule has 1 aliphatic rings. The summed E-state index contributed by atoms with van der Waals surface area (Å²) in [5.74, 6) is 0. The number of hydrogen-bond donors (Lipinski definition) is 2. The molecule has 0 spiro atoms. The lowest BCUT2D eigenvalue weighted by Crippen LogP contribution is -2.21. The van der Waals surface area contributed by atoms with Crippen LogP contribution in [0.4, 0.5) is 5.13 Å². The van der Waals surface area contributed by atoms with Gasteiger partial charge in [-0.25, -0.2) is 0 Å². The van der Waals surface area contributed by atoms with Crippen molar-refractivity contribution in [2.75, 3.05) is 25.5 Å². The summed E-state index contributed by atoms with van der Waals surface area (Å²) in [6.45, 7) is 2.51. The number of rotatable bonds is 3. The number of likely N-dealkylation sites (tertiary alicyclic amines) is 1. The molecule has 1 atom stereocenters. The first-order valence-corrected chi connectivity index (χ1v) is 5.50. The van der Waals surface area contributed by atoms with Crippen molar-refractivity contribution < 1.29 is 5.11 Å². The highest BCUT2D eigenvalue weighted by Crippen LogP contribution is 2.18. The average Bonchev–Trinajstić information content (AvgIpc) is 2.76. The van der Waals surface area contributed by atoms with Gasteiger partial charge in [-0.1, -0.05) is 11.3 Å². The van der Waals surface area contributed by atoms with Crippen LogP contribution < -0.4 is 5.32 Å². The summed E-state index contributed by atoms with van der Waals surface area (Å²) < 4.78 is 0. The summed E-state index contributed by atoms with van der Waals surface area (Å²) in [6, 6.07) is 0. The number of anilines is 1. The van der Waals surface area contributed by atoms with Crippen LogP contribution in [-0.2, 0) is 6.54 Å². The van der Waals surface area contributed by atoms with E-state index in [1.165, 1.54) is 0 Å². The van der Waals surface area contributed by atoms with Crippen LogP contribution >= 0.6 is 11.3 Å². The molecule has 1 aromatic rings. The Hall–Kier alpha value is -0.720. The SMILES string of the molecule is CNc1nnc(CN2CCC(O)C2)s1. The van der Waals surface area contributed by atoms with Gasteiger partial charge in [0.05, 0.1) is 12.6 Å². The average molecular weight is 214 g/mol. The third-order valence-electron chi connectivity index (χ3n) is 2.29. The number of nitrogens with zero attached hydrogens (tertiary/aromatic N) is 3. The Labute approximate surface area is 86.8 Å². The second kappa shape index (κ2) is 4.20. The monoisotopic (exact) mass is 214 g/mol. The molecule has 5 nitrogen and oxygen atoms in total. The van der Waals surface area contributed by atoms with Crippen molar-refractivity contribution in [3.8, 4) is 0 Å². The molecule has 6 heteroatoms. The molecular weight excluding hydrogens is 200 g/mol. The number of aliphatic hydroxyl groups excluding tert-OH is 1. The molecule has 1 aromatic heterocycles. The first-order chi connectivity index (χ1) is 6.78. The zero-order valence-electron chi connectivity index (χ0n) is 8.10. The van der Waals surface area contributed by atoms with Gasteiger partial charge in [-0.15, -0.1) is 10.2 Å². The Kier molecular flexibility index (Phi) is 2.95. The third-order valence-corrected chi connectivity index (χ3v) is 3.21. The van der Waals surface area contributed by atoms with E-state index in [0.717, 1.165) is 36.2 Å². The van der Waals surface area contributed by atoms with Crippen LogP contribution in [0.15, 0.2) is 0 Å². The van der Waals surface area contributed by atoms with Crippen LogP contribution in [0.2, 0.25) is 0 Å². The van der Waals surface area contributed by atoms with E-state index in [4.69, 9.17) is 0 Å². The number of β-amino-alcohol motifs (C(OH)–C–C–N with tert-alkyl or cyclic N) is 1. The molecule has 2 rings (SSSR count). The predicted molar refractivity (Wildman–Crippen MR) is 55.4 cm³/mol. The van der Waals surface area contributed by atoms with E-state index < -0.39 is 0 Å². The molecule has 0 aromatic carbocycles. The van der Waals surface area contributed by atoms with E-state index in [0.29, 0.717) is 0 Å². The molecule has 2 N–H and O–H groups in total. The van der Waals surface area contributed by atoms with Gasteiger partial charge < -0.3 is 10.4 Å². The maximum atomic E-state index is 9.34. The standard InChI is InChI=1S/C8H14N4OS/c1-9-8-11-10-7(14-8)5-12-3-2-6(13)4-12/h6,13H,2-5H2,1H3,(H,9,11). The Balaban J connectivity index is 1.90. The highest BCUT2D eigenvalue weighted by molar-refractivity contribution is 7.15. The molecule has 0 aliphatic carbocycles. The Morgan fingerprint density at radius 3 is 3.07 bits per heavy atom. The van der Waals surface area contributed by atoms with Crippen molar-refractivity contribution in [2.24, 2.45) is 0 Å². The van der Waals surface area contributed by atoms with Gasteiger partial charge in [0.25, 0.3) is 0 Å². The summed E-state index contributed by atoms with van der Waals surface area (Å²) in [5.41, 5.74) is 0. The lowest BCUT2D eigenvalue weighted by molar-refractivity contribution is 0.174. The normalized spacial score (nSPS) is 22.9. The second-order valence-corrected chi connectivity index (χ2v) is 4.49. The lowest BCUT2D eigenvalue weighted by Gasteiger charge is -2.11. The smallest absolute Gasteiger partial charge is 0.205 e. The van der Waals surface area contributed by atoms with Crippen LogP contribution in [0.5, 0.6) is 0 Å². The van der Waals surface area contributed by atoms with Crippen molar-refractivity contribution in [1.82, 2.24) is 15.1 Å². The molecule has 1 saturated heterocycles. The lowest BCUT2D eigenvalue weighted by atomic mass is 10.3. The topological polar surface area (TPSA) is 61.3 Å². The fraction of sp³-hybridized carbons (Fsp3) is 0.750. The van der Waals surface area contributed by atoms with Gasteiger partial charge in [-0.3, -0.25) is 4.90 Å². The summed E-state index contributed by atoms with van der Waals surface area (Å²) in [4.78, 5) is 2.20. The molecule has 1 fully saturated rings. The molecule has 0 bridgehead atoms. The van der Waals surface area contributed by atoms with Crippen LogP contribution in [0, 0.1) is 0 Å². The van der Waals surface area contributed by atoms with Crippen molar-refractivity contribution in [3.63, 3.8) is 0 Å². The third kappa shape index (κ3) is 2.20. The summed E-state index contributed by atoms with van der Waals surface area (Å²) >= 11 is 1.56. The molecule has 14 heavy (non-hydrogen) atoms. The first-order valence-electron chi connectivity index (χ1n) is 4.68. The van der Waals surface area contributed by atoms with Gasteiger partial charge in [-0.05, 0) is 6.42 Å². The zero-order valence-corrected chi connectivity index (χ0v) is 8.92. The van der Waals surface area contributed by atoms with Crippen LogP contribution in [0.3, 0.4) is 0 Å². The molecular formula is C8H14N4OS. The van der Waals surface area contributed by atoms with Crippen LogP contribution in [0.1, 0.15) is 11.4 Å². The van der Waals surface area contributed by atoms with Crippen molar-refractivity contribution in [2.45, 2.75) is 19.1 Å². The Bertz CT molecular complexity index is 303. The molecule has 0 amide bonds. The zero-order chi connectivity index (χ0) is 9.97. The fourth-order valence-corrected chi connectivity index (χ4v) is 2.30. The van der Waals surface area contributed by atoms with E-state index in [2.05, 4.69) is 20.4 Å². The van der Waals surface area contributed by atoms with Crippen LogP contribution in [-0.4, -0.2) is 46.4 Å². The fourth-order valence-electron chi connectivity index (χ4n) is 1.57. The van der Waals surface area contributed by atoms with Crippen molar-refractivity contribution in [3.05, 3.63) is 5.01 Å². The van der Waals surface area contributed by atoms with E-state index >= 15 is 0 Å². The predicted octanol–water partition coefficient (Wildman–Crippen LogP) is 0.146. The van der Waals surface area contributed by atoms with Gasteiger partial charge in [0.2, 0.25) is 5.13 Å². The molecule has 1 unspecified atom stereocenters. The van der Waals surface area contributed by atoms with Crippen molar-refractivity contribution in [1.29, 1.82) is 0 Å². The first kappa shape index (κ1) is 9.82. The highest BCUT2D eigenvalue weighted by atomic mass is 32.1. The summed E-state index contributed by atoms with van der Waals surface area (Å²) in [6.07, 6.45) is 0.712. The van der Waals surface area contributed by atoms with E-state index in [1.807, 2.05) is 7.05 Å².